The Kier molecular flexibility index (Phi) is 7.91. The van der Waals surface area contributed by atoms with Crippen LogP contribution in [-0.4, -0.2) is 46.9 Å². The van der Waals surface area contributed by atoms with E-state index in [0.717, 1.165) is 55.3 Å². The molecule has 2 aliphatic rings. The highest BCUT2D eigenvalue weighted by Gasteiger charge is 2.26. The second-order valence-corrected chi connectivity index (χ2v) is 9.03. The van der Waals surface area contributed by atoms with Crippen molar-refractivity contribution in [2.75, 3.05) is 18.0 Å². The van der Waals surface area contributed by atoms with Gasteiger partial charge in [-0.05, 0) is 55.7 Å². The molecule has 2 heterocycles. The molecule has 2 aromatic rings. The molecule has 2 fully saturated rings. The van der Waals surface area contributed by atoms with Crippen LogP contribution in [0.5, 0.6) is 0 Å². The summed E-state index contributed by atoms with van der Waals surface area (Å²) in [4.78, 5) is 20.4. The third kappa shape index (κ3) is 6.43. The van der Waals surface area contributed by atoms with Gasteiger partial charge in [0.05, 0.1) is 5.71 Å². The van der Waals surface area contributed by atoms with Crippen LogP contribution in [0.2, 0.25) is 0 Å². The molecular weight excluding hydrogens is 470 g/mol. The number of anilines is 1. The number of aliphatic imine (C=N–C) groups is 1. The van der Waals surface area contributed by atoms with Crippen molar-refractivity contribution in [3.63, 3.8) is 0 Å². The van der Waals surface area contributed by atoms with Crippen LogP contribution in [0.3, 0.4) is 0 Å². The highest BCUT2D eigenvalue weighted by atomic mass is 19.1. The SMILES string of the molecule is Cc1cnc(N2CCC(ON=C3CCC(c4cc(F)c(N=C(N)OC(=N)N)cc4F)CC3)CC2)nc1. The molecule has 1 aliphatic heterocycles. The standard InChI is InChI=1S/C24H30F2N8O2/c1-14-12-30-24(31-13-14)34-8-6-17(7-9-34)36-33-16-4-2-15(3-5-16)18-10-20(26)21(11-19(18)25)32-23(29)35-22(27)28/h10-13,15,17H,2-9H2,1H3,(H3,27,28)(H2,29,32). The number of rotatable bonds is 5. The average molecular weight is 501 g/mol. The molecule has 1 saturated carbocycles. The van der Waals surface area contributed by atoms with Crippen LogP contribution in [-0.2, 0) is 9.57 Å². The number of ether oxygens (including phenoxy) is 1. The monoisotopic (exact) mass is 500 g/mol. The molecular formula is C24H30F2N8O2. The number of piperidine rings is 1. The van der Waals surface area contributed by atoms with Gasteiger partial charge < -0.3 is 25.9 Å². The topological polar surface area (TPSA) is 148 Å². The Hall–Kier alpha value is -3.83. The molecule has 5 N–H and O–H groups in total. The van der Waals surface area contributed by atoms with Crippen molar-refractivity contribution in [3.8, 4) is 0 Å². The summed E-state index contributed by atoms with van der Waals surface area (Å²) in [6, 6.07) is 0.882. The number of aromatic nitrogens is 2. The van der Waals surface area contributed by atoms with E-state index in [1.165, 1.54) is 0 Å². The number of nitrogens with one attached hydrogen (secondary N) is 1. The van der Waals surface area contributed by atoms with Crippen molar-refractivity contribution in [1.82, 2.24) is 9.97 Å². The molecule has 1 aromatic carbocycles. The van der Waals surface area contributed by atoms with E-state index in [9.17, 15) is 8.78 Å². The van der Waals surface area contributed by atoms with E-state index in [0.29, 0.717) is 31.2 Å². The summed E-state index contributed by atoms with van der Waals surface area (Å²) < 4.78 is 33.8. The molecule has 36 heavy (non-hydrogen) atoms. The van der Waals surface area contributed by atoms with Crippen molar-refractivity contribution in [2.24, 2.45) is 21.6 Å². The van der Waals surface area contributed by atoms with E-state index in [1.54, 1.807) is 0 Å². The van der Waals surface area contributed by atoms with Crippen LogP contribution in [0, 0.1) is 24.0 Å². The molecule has 1 aliphatic carbocycles. The number of amidine groups is 2. The first-order valence-electron chi connectivity index (χ1n) is 11.9. The Morgan fingerprint density at radius 2 is 1.72 bits per heavy atom. The summed E-state index contributed by atoms with van der Waals surface area (Å²) in [7, 11) is 0. The van der Waals surface area contributed by atoms with E-state index in [1.807, 2.05) is 19.3 Å². The zero-order valence-electron chi connectivity index (χ0n) is 20.1. The maximum atomic E-state index is 14.7. The van der Waals surface area contributed by atoms with Crippen LogP contribution < -0.4 is 16.4 Å². The van der Waals surface area contributed by atoms with Crippen molar-refractivity contribution in [3.05, 3.63) is 47.3 Å². The molecule has 1 aromatic heterocycles. The van der Waals surface area contributed by atoms with Gasteiger partial charge in [0.1, 0.15) is 23.4 Å². The van der Waals surface area contributed by atoms with Crippen LogP contribution in [0.15, 0.2) is 34.7 Å². The molecule has 192 valence electrons. The first kappa shape index (κ1) is 25.3. The molecule has 1 saturated heterocycles. The number of benzene rings is 1. The summed E-state index contributed by atoms with van der Waals surface area (Å²) in [6.07, 6.45) is 7.92. The summed E-state index contributed by atoms with van der Waals surface area (Å²) in [5.41, 5.74) is 12.4. The van der Waals surface area contributed by atoms with E-state index >= 15 is 0 Å². The van der Waals surface area contributed by atoms with Gasteiger partial charge in [0.15, 0.2) is 0 Å². The third-order valence-corrected chi connectivity index (χ3v) is 6.34. The number of aryl methyl sites for hydroxylation is 1. The van der Waals surface area contributed by atoms with Crippen molar-refractivity contribution in [1.29, 1.82) is 5.41 Å². The number of hydrogen-bond acceptors (Lipinski definition) is 8. The highest BCUT2D eigenvalue weighted by Crippen LogP contribution is 2.36. The fraction of sp³-hybridized carbons (Fsp3) is 0.458. The summed E-state index contributed by atoms with van der Waals surface area (Å²) in [5.74, 6) is -0.705. The second-order valence-electron chi connectivity index (χ2n) is 9.03. The predicted octanol–water partition coefficient (Wildman–Crippen LogP) is 3.62. The zero-order valence-corrected chi connectivity index (χ0v) is 20.1. The predicted molar refractivity (Wildman–Crippen MR) is 132 cm³/mol. The normalized spacial score (nSPS) is 19.2. The fourth-order valence-corrected chi connectivity index (χ4v) is 4.42. The lowest BCUT2D eigenvalue weighted by molar-refractivity contribution is 0.0406. The molecule has 12 heteroatoms. The lowest BCUT2D eigenvalue weighted by Gasteiger charge is -2.31. The minimum atomic E-state index is -0.730. The van der Waals surface area contributed by atoms with Crippen LogP contribution in [0.4, 0.5) is 20.4 Å². The number of nitrogens with zero attached hydrogens (tertiary/aromatic N) is 5. The van der Waals surface area contributed by atoms with Gasteiger partial charge in [-0.1, -0.05) is 5.16 Å². The van der Waals surface area contributed by atoms with Crippen LogP contribution in [0.1, 0.15) is 55.6 Å². The molecule has 0 spiro atoms. The third-order valence-electron chi connectivity index (χ3n) is 6.34. The number of hydrogen-bond donors (Lipinski definition) is 3. The number of nitrogens with two attached hydrogens (primary N) is 2. The lowest BCUT2D eigenvalue weighted by Crippen LogP contribution is -2.37. The molecule has 0 atom stereocenters. The molecule has 0 amide bonds. The molecule has 0 radical (unpaired) electrons. The molecule has 10 nitrogen and oxygen atoms in total. The maximum Gasteiger partial charge on any atom is 0.295 e. The largest absolute Gasteiger partial charge is 0.393 e. The minimum absolute atomic E-state index is 0.0379. The van der Waals surface area contributed by atoms with Gasteiger partial charge in [-0.25, -0.2) is 18.7 Å². The van der Waals surface area contributed by atoms with Crippen molar-refractivity contribution in [2.45, 2.75) is 57.5 Å². The van der Waals surface area contributed by atoms with Crippen LogP contribution >= 0.6 is 0 Å². The van der Waals surface area contributed by atoms with Gasteiger partial charge in [-0.2, -0.15) is 4.99 Å². The molecule has 0 unspecified atom stereocenters. The number of oxime groups is 1. The van der Waals surface area contributed by atoms with E-state index < -0.39 is 23.7 Å². The Balaban J connectivity index is 1.28. The van der Waals surface area contributed by atoms with Crippen molar-refractivity contribution >= 4 is 29.4 Å². The van der Waals surface area contributed by atoms with Crippen molar-refractivity contribution < 1.29 is 18.4 Å². The van der Waals surface area contributed by atoms with Crippen LogP contribution in [0.25, 0.3) is 0 Å². The smallest absolute Gasteiger partial charge is 0.295 e. The first-order valence-corrected chi connectivity index (χ1v) is 11.9. The van der Waals surface area contributed by atoms with E-state index in [-0.39, 0.29) is 17.7 Å². The quantitative estimate of drug-likeness (QED) is 0.323. The van der Waals surface area contributed by atoms with Gasteiger partial charge in [0.2, 0.25) is 5.95 Å². The molecule has 0 bridgehead atoms. The minimum Gasteiger partial charge on any atom is -0.393 e. The average Bonchev–Trinajstić information content (AvgIpc) is 2.85. The molecule has 4 rings (SSSR count). The Morgan fingerprint density at radius 3 is 2.36 bits per heavy atom. The first-order chi connectivity index (χ1) is 17.3. The fourth-order valence-electron chi connectivity index (χ4n) is 4.42. The summed E-state index contributed by atoms with van der Waals surface area (Å²) in [6.45, 7) is 3.57. The van der Waals surface area contributed by atoms with Gasteiger partial charge in [-0.15, -0.1) is 0 Å². The lowest BCUT2D eigenvalue weighted by atomic mass is 9.83. The highest BCUT2D eigenvalue weighted by molar-refractivity contribution is 5.87. The Labute approximate surface area is 207 Å². The summed E-state index contributed by atoms with van der Waals surface area (Å²) in [5, 5.41) is 11.4. The Morgan fingerprint density at radius 1 is 1.06 bits per heavy atom. The van der Waals surface area contributed by atoms with E-state index in [2.05, 4.69) is 29.8 Å². The number of halogens is 2. The van der Waals surface area contributed by atoms with Gasteiger partial charge in [-0.3, -0.25) is 5.41 Å². The van der Waals surface area contributed by atoms with Gasteiger partial charge in [0.25, 0.3) is 12.0 Å². The van der Waals surface area contributed by atoms with Gasteiger partial charge in [0, 0.05) is 44.4 Å². The summed E-state index contributed by atoms with van der Waals surface area (Å²) >= 11 is 0. The Bertz CT molecular complexity index is 1140. The second kappa shape index (κ2) is 11.3. The zero-order chi connectivity index (χ0) is 25.7. The van der Waals surface area contributed by atoms with Gasteiger partial charge >= 0.3 is 0 Å². The van der Waals surface area contributed by atoms with E-state index in [4.69, 9.17) is 21.7 Å². The maximum absolute atomic E-state index is 14.7.